The summed E-state index contributed by atoms with van der Waals surface area (Å²) in [6.07, 6.45) is 3.00. The van der Waals surface area contributed by atoms with Crippen molar-refractivity contribution < 1.29 is 0 Å². The zero-order valence-corrected chi connectivity index (χ0v) is 14.6. The van der Waals surface area contributed by atoms with Crippen molar-refractivity contribution >= 4 is 39.1 Å². The van der Waals surface area contributed by atoms with Gasteiger partial charge in [-0.2, -0.15) is 0 Å². The summed E-state index contributed by atoms with van der Waals surface area (Å²) in [5, 5.41) is 1.84. The number of anilines is 1. The quantitative estimate of drug-likeness (QED) is 0.583. The van der Waals surface area contributed by atoms with Crippen LogP contribution in [0.15, 0.2) is 35.5 Å². The highest BCUT2D eigenvalue weighted by atomic mass is 32.2. The minimum atomic E-state index is 0.633. The molecule has 0 aliphatic carbocycles. The summed E-state index contributed by atoms with van der Waals surface area (Å²) >= 11 is 3.31. The highest BCUT2D eigenvalue weighted by molar-refractivity contribution is 7.98. The molecule has 0 atom stereocenters. The van der Waals surface area contributed by atoms with E-state index in [0.717, 1.165) is 41.4 Å². The molecule has 4 rings (SSSR count). The molecule has 1 aliphatic rings. The van der Waals surface area contributed by atoms with Gasteiger partial charge in [-0.1, -0.05) is 42.1 Å². The second-order valence-corrected chi connectivity index (χ2v) is 7.58. The van der Waals surface area contributed by atoms with Crippen molar-refractivity contribution in [3.63, 3.8) is 0 Å². The number of benzene rings is 1. The van der Waals surface area contributed by atoms with Gasteiger partial charge in [-0.3, -0.25) is 4.90 Å². The zero-order valence-electron chi connectivity index (χ0n) is 13.0. The fraction of sp³-hybridized carbons (Fsp3) is 0.294. The Labute approximate surface area is 143 Å². The average molecular weight is 342 g/mol. The molecule has 0 spiro atoms. The SMILES string of the molecule is CSc1nc(N)c2c3c(sc2n1)CN(Cc1ccccc1)CC3. The Balaban J connectivity index is 1.65. The molecule has 3 aromatic rings. The number of thiophene rings is 1. The lowest BCUT2D eigenvalue weighted by atomic mass is 10.0. The highest BCUT2D eigenvalue weighted by Gasteiger charge is 2.23. The molecule has 0 bridgehead atoms. The van der Waals surface area contributed by atoms with E-state index in [1.54, 1.807) is 23.1 Å². The molecule has 0 fully saturated rings. The largest absolute Gasteiger partial charge is 0.383 e. The highest BCUT2D eigenvalue weighted by Crippen LogP contribution is 2.37. The Bertz CT molecular complexity index is 845. The fourth-order valence-corrected chi connectivity index (χ4v) is 4.82. The molecule has 1 aromatic carbocycles. The Morgan fingerprint density at radius 2 is 2.09 bits per heavy atom. The number of aromatic nitrogens is 2. The van der Waals surface area contributed by atoms with Crippen LogP contribution in [0, 0.1) is 0 Å². The predicted octanol–water partition coefficient (Wildman–Crippen LogP) is 3.55. The minimum absolute atomic E-state index is 0.633. The molecular weight excluding hydrogens is 324 g/mol. The Morgan fingerprint density at radius 3 is 2.87 bits per heavy atom. The first-order chi connectivity index (χ1) is 11.2. The third-order valence-electron chi connectivity index (χ3n) is 4.22. The van der Waals surface area contributed by atoms with Crippen LogP contribution in [-0.4, -0.2) is 27.7 Å². The number of thioether (sulfide) groups is 1. The summed E-state index contributed by atoms with van der Waals surface area (Å²) in [5.41, 5.74) is 8.91. The minimum Gasteiger partial charge on any atom is -0.383 e. The van der Waals surface area contributed by atoms with Gasteiger partial charge in [0, 0.05) is 24.5 Å². The first-order valence-corrected chi connectivity index (χ1v) is 9.66. The molecule has 0 amide bonds. The van der Waals surface area contributed by atoms with Crippen molar-refractivity contribution in [1.29, 1.82) is 0 Å². The molecule has 0 saturated carbocycles. The predicted molar refractivity (Wildman–Crippen MR) is 97.9 cm³/mol. The lowest BCUT2D eigenvalue weighted by Crippen LogP contribution is -2.29. The van der Waals surface area contributed by atoms with E-state index in [2.05, 4.69) is 45.2 Å². The number of rotatable bonds is 3. The molecule has 23 heavy (non-hydrogen) atoms. The number of hydrogen-bond acceptors (Lipinski definition) is 6. The maximum Gasteiger partial charge on any atom is 0.190 e. The van der Waals surface area contributed by atoms with Crippen LogP contribution in [0.3, 0.4) is 0 Å². The second kappa shape index (κ2) is 6.11. The van der Waals surface area contributed by atoms with E-state index in [1.807, 2.05) is 6.26 Å². The van der Waals surface area contributed by atoms with Crippen LogP contribution in [-0.2, 0) is 19.5 Å². The Kier molecular flexibility index (Phi) is 3.97. The summed E-state index contributed by atoms with van der Waals surface area (Å²) in [7, 11) is 0. The molecule has 1 aliphatic heterocycles. The number of fused-ring (bicyclic) bond motifs is 3. The molecule has 0 saturated heterocycles. The molecule has 118 valence electrons. The van der Waals surface area contributed by atoms with Crippen LogP contribution in [0.4, 0.5) is 5.82 Å². The van der Waals surface area contributed by atoms with Crippen LogP contribution in [0.25, 0.3) is 10.2 Å². The number of nitrogens with zero attached hydrogens (tertiary/aromatic N) is 3. The van der Waals surface area contributed by atoms with Crippen molar-refractivity contribution in [3.8, 4) is 0 Å². The standard InChI is InChI=1S/C17H18N4S2/c1-22-17-19-15(18)14-12-7-8-21(9-11-5-3-2-4-6-11)10-13(12)23-16(14)20-17/h2-6H,7-10H2,1H3,(H2,18,19,20). The molecule has 0 radical (unpaired) electrons. The van der Waals surface area contributed by atoms with E-state index in [-0.39, 0.29) is 0 Å². The van der Waals surface area contributed by atoms with Crippen LogP contribution in [0.1, 0.15) is 16.0 Å². The third kappa shape index (κ3) is 2.82. The van der Waals surface area contributed by atoms with Crippen molar-refractivity contribution in [2.45, 2.75) is 24.7 Å². The van der Waals surface area contributed by atoms with Gasteiger partial charge in [0.25, 0.3) is 0 Å². The average Bonchev–Trinajstić information content (AvgIpc) is 2.93. The summed E-state index contributed by atoms with van der Waals surface area (Å²) < 4.78 is 0. The molecule has 2 N–H and O–H groups in total. The normalized spacial score (nSPS) is 15.0. The lowest BCUT2D eigenvalue weighted by Gasteiger charge is -2.26. The third-order valence-corrected chi connectivity index (χ3v) is 5.88. The second-order valence-electron chi connectivity index (χ2n) is 5.73. The van der Waals surface area contributed by atoms with Crippen LogP contribution in [0.5, 0.6) is 0 Å². The monoisotopic (exact) mass is 342 g/mol. The van der Waals surface area contributed by atoms with Crippen LogP contribution >= 0.6 is 23.1 Å². The van der Waals surface area contributed by atoms with Gasteiger partial charge in [-0.25, -0.2) is 9.97 Å². The summed E-state index contributed by atoms with van der Waals surface area (Å²) in [5.74, 6) is 0.633. The molecule has 3 heterocycles. The van der Waals surface area contributed by atoms with E-state index in [1.165, 1.54) is 16.0 Å². The Hall–Kier alpha value is -1.63. The van der Waals surface area contributed by atoms with Gasteiger partial charge < -0.3 is 5.73 Å². The number of nitrogens with two attached hydrogens (primary N) is 1. The van der Waals surface area contributed by atoms with Crippen molar-refractivity contribution in [1.82, 2.24) is 14.9 Å². The van der Waals surface area contributed by atoms with Gasteiger partial charge in [0.15, 0.2) is 5.16 Å². The summed E-state index contributed by atoms with van der Waals surface area (Å²) in [6.45, 7) is 3.02. The summed E-state index contributed by atoms with van der Waals surface area (Å²) in [6, 6.07) is 10.6. The van der Waals surface area contributed by atoms with Gasteiger partial charge in [0.1, 0.15) is 10.6 Å². The molecule has 4 nitrogen and oxygen atoms in total. The van der Waals surface area contributed by atoms with Crippen molar-refractivity contribution in [2.75, 3.05) is 18.5 Å². The molecular formula is C17H18N4S2. The molecule has 6 heteroatoms. The fourth-order valence-electron chi connectivity index (χ4n) is 3.12. The molecule has 0 unspecified atom stereocenters. The van der Waals surface area contributed by atoms with Crippen LogP contribution < -0.4 is 5.73 Å². The maximum atomic E-state index is 6.19. The van der Waals surface area contributed by atoms with Crippen molar-refractivity contribution in [3.05, 3.63) is 46.3 Å². The van der Waals surface area contributed by atoms with E-state index >= 15 is 0 Å². The van der Waals surface area contributed by atoms with E-state index in [0.29, 0.717) is 5.82 Å². The molecule has 2 aromatic heterocycles. The van der Waals surface area contributed by atoms with Crippen LogP contribution in [0.2, 0.25) is 0 Å². The van der Waals surface area contributed by atoms with Gasteiger partial charge in [0.05, 0.1) is 5.39 Å². The van der Waals surface area contributed by atoms with Gasteiger partial charge in [0.2, 0.25) is 0 Å². The van der Waals surface area contributed by atoms with E-state index < -0.39 is 0 Å². The van der Waals surface area contributed by atoms with Gasteiger partial charge in [-0.15, -0.1) is 11.3 Å². The Morgan fingerprint density at radius 1 is 1.26 bits per heavy atom. The maximum absolute atomic E-state index is 6.19. The number of hydrogen-bond donors (Lipinski definition) is 1. The topological polar surface area (TPSA) is 55.0 Å². The van der Waals surface area contributed by atoms with E-state index in [4.69, 9.17) is 5.73 Å². The summed E-state index contributed by atoms with van der Waals surface area (Å²) in [4.78, 5) is 14.0. The van der Waals surface area contributed by atoms with Crippen molar-refractivity contribution in [2.24, 2.45) is 0 Å². The smallest absolute Gasteiger partial charge is 0.190 e. The van der Waals surface area contributed by atoms with Gasteiger partial charge in [-0.05, 0) is 23.8 Å². The first kappa shape index (κ1) is 14.9. The first-order valence-electron chi connectivity index (χ1n) is 7.62. The zero-order chi connectivity index (χ0) is 15.8. The lowest BCUT2D eigenvalue weighted by molar-refractivity contribution is 0.249. The number of nitrogen functional groups attached to an aromatic ring is 1. The van der Waals surface area contributed by atoms with Gasteiger partial charge >= 0.3 is 0 Å². The van der Waals surface area contributed by atoms with E-state index in [9.17, 15) is 0 Å².